The van der Waals surface area contributed by atoms with Crippen LogP contribution in [0.15, 0.2) is 16.6 Å². The zero-order valence-electron chi connectivity index (χ0n) is 8.97. The molecule has 1 aliphatic carbocycles. The third-order valence-corrected chi connectivity index (χ3v) is 4.50. The number of benzene rings is 1. The van der Waals surface area contributed by atoms with E-state index >= 15 is 0 Å². The Hall–Kier alpha value is 0.0800. The lowest BCUT2D eigenvalue weighted by atomic mass is 9.80. The summed E-state index contributed by atoms with van der Waals surface area (Å²) in [5, 5.41) is 0.686. The van der Waals surface area contributed by atoms with E-state index in [1.54, 1.807) is 7.11 Å². The highest BCUT2D eigenvalue weighted by Crippen LogP contribution is 2.47. The standard InChI is InChI=1S/C12H13BrCl2O/c1-16-12-9(5-8(14)6-10(12)13)11(15)7-3-2-4-7/h5-7,11H,2-4H2,1H3. The van der Waals surface area contributed by atoms with Crippen LogP contribution in [-0.2, 0) is 0 Å². The van der Waals surface area contributed by atoms with Crippen LogP contribution in [0.1, 0.15) is 30.2 Å². The molecule has 1 unspecified atom stereocenters. The SMILES string of the molecule is COc1c(Br)cc(Cl)cc1C(Cl)C1CCC1. The molecule has 1 saturated carbocycles. The number of methoxy groups -OCH3 is 1. The number of hydrogen-bond acceptors (Lipinski definition) is 1. The van der Waals surface area contributed by atoms with Gasteiger partial charge >= 0.3 is 0 Å². The van der Waals surface area contributed by atoms with Gasteiger partial charge in [-0.25, -0.2) is 0 Å². The number of ether oxygens (including phenoxy) is 1. The fourth-order valence-corrected chi connectivity index (χ4v) is 3.40. The summed E-state index contributed by atoms with van der Waals surface area (Å²) in [6, 6.07) is 3.73. The summed E-state index contributed by atoms with van der Waals surface area (Å²) in [7, 11) is 1.65. The second kappa shape index (κ2) is 5.16. The minimum Gasteiger partial charge on any atom is -0.495 e. The van der Waals surface area contributed by atoms with E-state index in [9.17, 15) is 0 Å². The largest absolute Gasteiger partial charge is 0.495 e. The molecule has 0 aromatic heterocycles. The van der Waals surface area contributed by atoms with E-state index in [1.807, 2.05) is 12.1 Å². The van der Waals surface area contributed by atoms with Crippen molar-refractivity contribution in [2.24, 2.45) is 5.92 Å². The molecule has 88 valence electrons. The van der Waals surface area contributed by atoms with E-state index in [2.05, 4.69) is 15.9 Å². The van der Waals surface area contributed by atoms with Gasteiger partial charge in [-0.2, -0.15) is 0 Å². The molecule has 4 heteroatoms. The molecule has 1 aromatic carbocycles. The Balaban J connectivity index is 2.36. The first-order chi connectivity index (χ1) is 7.63. The average Bonchev–Trinajstić information content (AvgIpc) is 2.13. The second-order valence-corrected chi connectivity index (χ2v) is 5.86. The molecule has 0 saturated heterocycles. The number of alkyl halides is 1. The highest BCUT2D eigenvalue weighted by molar-refractivity contribution is 9.10. The monoisotopic (exact) mass is 322 g/mol. The van der Waals surface area contributed by atoms with E-state index in [4.69, 9.17) is 27.9 Å². The first kappa shape index (κ1) is 12.5. The molecule has 1 fully saturated rings. The number of halogens is 3. The van der Waals surface area contributed by atoms with Gasteiger partial charge < -0.3 is 4.74 Å². The minimum absolute atomic E-state index is 0.00120. The van der Waals surface area contributed by atoms with Crippen molar-refractivity contribution in [2.75, 3.05) is 7.11 Å². The molecule has 1 aliphatic rings. The van der Waals surface area contributed by atoms with Crippen LogP contribution in [0, 0.1) is 5.92 Å². The Morgan fingerprint density at radius 1 is 1.44 bits per heavy atom. The lowest BCUT2D eigenvalue weighted by Crippen LogP contribution is -2.17. The van der Waals surface area contributed by atoms with Crippen LogP contribution in [0.3, 0.4) is 0 Å². The first-order valence-corrected chi connectivity index (χ1v) is 6.91. The van der Waals surface area contributed by atoms with Crippen molar-refractivity contribution < 1.29 is 4.74 Å². The normalized spacial score (nSPS) is 18.0. The molecule has 0 heterocycles. The van der Waals surface area contributed by atoms with E-state index in [0.717, 1.165) is 15.8 Å². The van der Waals surface area contributed by atoms with E-state index < -0.39 is 0 Å². The molecule has 1 aromatic rings. The van der Waals surface area contributed by atoms with Crippen LogP contribution < -0.4 is 4.74 Å². The fourth-order valence-electron chi connectivity index (χ4n) is 1.99. The summed E-state index contributed by atoms with van der Waals surface area (Å²) >= 11 is 16.0. The van der Waals surface area contributed by atoms with Crippen molar-refractivity contribution in [3.63, 3.8) is 0 Å². The average molecular weight is 324 g/mol. The Labute approximate surface area is 114 Å². The van der Waals surface area contributed by atoms with Crippen molar-refractivity contribution >= 4 is 39.1 Å². The van der Waals surface area contributed by atoms with E-state index in [1.165, 1.54) is 19.3 Å². The first-order valence-electron chi connectivity index (χ1n) is 5.30. The van der Waals surface area contributed by atoms with Gasteiger partial charge in [0.15, 0.2) is 0 Å². The van der Waals surface area contributed by atoms with Crippen LogP contribution in [-0.4, -0.2) is 7.11 Å². The van der Waals surface area contributed by atoms with Gasteiger partial charge in [-0.15, -0.1) is 11.6 Å². The molecule has 16 heavy (non-hydrogen) atoms. The van der Waals surface area contributed by atoms with Gasteiger partial charge in [-0.3, -0.25) is 0 Å². The Morgan fingerprint density at radius 2 is 2.12 bits per heavy atom. The second-order valence-electron chi connectivity index (χ2n) is 4.10. The molecule has 2 rings (SSSR count). The van der Waals surface area contributed by atoms with Crippen LogP contribution in [0.2, 0.25) is 5.02 Å². The van der Waals surface area contributed by atoms with Crippen LogP contribution in [0.5, 0.6) is 5.75 Å². The maximum absolute atomic E-state index is 6.48. The third-order valence-electron chi connectivity index (χ3n) is 3.10. The summed E-state index contributed by atoms with van der Waals surface area (Å²) in [6.07, 6.45) is 3.67. The maximum atomic E-state index is 6.48. The molecule has 0 spiro atoms. The lowest BCUT2D eigenvalue weighted by Gasteiger charge is -2.31. The Morgan fingerprint density at radius 3 is 2.62 bits per heavy atom. The quantitative estimate of drug-likeness (QED) is 0.695. The molecule has 0 aliphatic heterocycles. The van der Waals surface area contributed by atoms with Gasteiger partial charge in [0.05, 0.1) is 17.0 Å². The van der Waals surface area contributed by atoms with Crippen LogP contribution in [0.25, 0.3) is 0 Å². The molecule has 0 amide bonds. The maximum Gasteiger partial charge on any atom is 0.137 e. The summed E-state index contributed by atoms with van der Waals surface area (Å²) in [5.41, 5.74) is 0.994. The molecule has 0 bridgehead atoms. The van der Waals surface area contributed by atoms with Crippen molar-refractivity contribution in [1.29, 1.82) is 0 Å². The summed E-state index contributed by atoms with van der Waals surface area (Å²) in [6.45, 7) is 0. The lowest BCUT2D eigenvalue weighted by molar-refractivity contribution is 0.300. The van der Waals surface area contributed by atoms with E-state index in [0.29, 0.717) is 10.9 Å². The molecule has 1 nitrogen and oxygen atoms in total. The summed E-state index contributed by atoms with van der Waals surface area (Å²) in [5.74, 6) is 1.36. The Bertz CT molecular complexity index is 391. The predicted molar refractivity (Wildman–Crippen MR) is 71.6 cm³/mol. The van der Waals surface area contributed by atoms with E-state index in [-0.39, 0.29) is 5.38 Å². The topological polar surface area (TPSA) is 9.23 Å². The van der Waals surface area contributed by atoms with Gasteiger partial charge in [0.2, 0.25) is 0 Å². The van der Waals surface area contributed by atoms with Gasteiger partial charge in [-0.1, -0.05) is 18.0 Å². The Kier molecular flexibility index (Phi) is 4.04. The van der Waals surface area contributed by atoms with Crippen molar-refractivity contribution in [1.82, 2.24) is 0 Å². The molecular formula is C12H13BrCl2O. The number of rotatable bonds is 3. The molecule has 0 N–H and O–H groups in total. The van der Waals surface area contributed by atoms with Crippen molar-refractivity contribution in [2.45, 2.75) is 24.6 Å². The highest BCUT2D eigenvalue weighted by Gasteiger charge is 2.29. The molecule has 1 atom stereocenters. The van der Waals surface area contributed by atoms with Crippen molar-refractivity contribution in [3.8, 4) is 5.75 Å². The van der Waals surface area contributed by atoms with Gasteiger partial charge in [0, 0.05) is 10.6 Å². The fraction of sp³-hybridized carbons (Fsp3) is 0.500. The third kappa shape index (κ3) is 2.34. The van der Waals surface area contributed by atoms with Gasteiger partial charge in [0.25, 0.3) is 0 Å². The number of hydrogen-bond donors (Lipinski definition) is 0. The van der Waals surface area contributed by atoms with Crippen LogP contribution in [0.4, 0.5) is 0 Å². The smallest absolute Gasteiger partial charge is 0.137 e. The zero-order chi connectivity index (χ0) is 11.7. The van der Waals surface area contributed by atoms with Crippen LogP contribution >= 0.6 is 39.1 Å². The summed E-state index contributed by atoms with van der Waals surface area (Å²) < 4.78 is 6.24. The van der Waals surface area contributed by atoms with Gasteiger partial charge in [0.1, 0.15) is 5.75 Å². The predicted octanol–water partition coefficient (Wildman–Crippen LogP) is 5.19. The zero-order valence-corrected chi connectivity index (χ0v) is 12.1. The summed E-state index contributed by atoms with van der Waals surface area (Å²) in [4.78, 5) is 0. The minimum atomic E-state index is -0.00120. The highest BCUT2D eigenvalue weighted by atomic mass is 79.9. The van der Waals surface area contributed by atoms with Crippen molar-refractivity contribution in [3.05, 3.63) is 27.2 Å². The molecule has 0 radical (unpaired) electrons. The van der Waals surface area contributed by atoms with Gasteiger partial charge in [-0.05, 0) is 46.8 Å². The molecular weight excluding hydrogens is 311 g/mol.